The van der Waals surface area contributed by atoms with Crippen LogP contribution in [0.4, 0.5) is 0 Å². The van der Waals surface area contributed by atoms with Crippen LogP contribution in [0.15, 0.2) is 0 Å². The number of rotatable bonds is 8. The Morgan fingerprint density at radius 3 is 2.58 bits per heavy atom. The summed E-state index contributed by atoms with van der Waals surface area (Å²) in [5.41, 5.74) is 5.64. The van der Waals surface area contributed by atoms with Gasteiger partial charge in [-0.3, -0.25) is 4.79 Å². The SMILES string of the molecule is CCCC(CCN)CCC(=O)N1CCC(C(C)C)C1. The molecule has 0 aromatic carbocycles. The first-order valence-electron chi connectivity index (χ1n) is 8.06. The summed E-state index contributed by atoms with van der Waals surface area (Å²) < 4.78 is 0. The van der Waals surface area contributed by atoms with Crippen LogP contribution in [0.5, 0.6) is 0 Å². The molecule has 0 spiro atoms. The second-order valence-corrected chi connectivity index (χ2v) is 6.40. The van der Waals surface area contributed by atoms with Crippen LogP contribution in [0.1, 0.15) is 59.3 Å². The summed E-state index contributed by atoms with van der Waals surface area (Å²) in [6.45, 7) is 9.42. The monoisotopic (exact) mass is 268 g/mol. The first-order chi connectivity index (χ1) is 9.08. The van der Waals surface area contributed by atoms with Crippen molar-refractivity contribution in [1.82, 2.24) is 4.90 Å². The maximum absolute atomic E-state index is 12.2. The summed E-state index contributed by atoms with van der Waals surface area (Å²) in [5, 5.41) is 0. The Morgan fingerprint density at radius 2 is 2.05 bits per heavy atom. The first kappa shape index (κ1) is 16.5. The first-order valence-corrected chi connectivity index (χ1v) is 8.06. The second-order valence-electron chi connectivity index (χ2n) is 6.40. The van der Waals surface area contributed by atoms with Gasteiger partial charge in [-0.25, -0.2) is 0 Å². The summed E-state index contributed by atoms with van der Waals surface area (Å²) in [7, 11) is 0. The quantitative estimate of drug-likeness (QED) is 0.735. The summed E-state index contributed by atoms with van der Waals surface area (Å²) in [4.78, 5) is 14.3. The van der Waals surface area contributed by atoms with Gasteiger partial charge in [0.2, 0.25) is 5.91 Å². The molecular formula is C16H32N2O. The number of carbonyl (C=O) groups excluding carboxylic acids is 1. The molecule has 1 saturated heterocycles. The molecule has 0 aromatic heterocycles. The van der Waals surface area contributed by atoms with Gasteiger partial charge >= 0.3 is 0 Å². The number of likely N-dealkylation sites (tertiary alicyclic amines) is 1. The molecule has 1 fully saturated rings. The highest BCUT2D eigenvalue weighted by molar-refractivity contribution is 5.76. The molecule has 2 N–H and O–H groups in total. The predicted molar refractivity (Wildman–Crippen MR) is 80.8 cm³/mol. The highest BCUT2D eigenvalue weighted by Crippen LogP contribution is 2.25. The Kier molecular flexibility index (Phi) is 7.44. The van der Waals surface area contributed by atoms with Crippen molar-refractivity contribution in [3.8, 4) is 0 Å². The molecule has 0 bridgehead atoms. The molecule has 0 radical (unpaired) electrons. The van der Waals surface area contributed by atoms with E-state index in [0.717, 1.165) is 38.9 Å². The molecule has 3 nitrogen and oxygen atoms in total. The highest BCUT2D eigenvalue weighted by atomic mass is 16.2. The zero-order chi connectivity index (χ0) is 14.3. The van der Waals surface area contributed by atoms with E-state index in [0.29, 0.717) is 23.7 Å². The molecule has 0 saturated carbocycles. The lowest BCUT2D eigenvalue weighted by molar-refractivity contribution is -0.130. The van der Waals surface area contributed by atoms with Crippen molar-refractivity contribution in [1.29, 1.82) is 0 Å². The average molecular weight is 268 g/mol. The number of hydrogen-bond donors (Lipinski definition) is 1. The summed E-state index contributed by atoms with van der Waals surface area (Å²) >= 11 is 0. The van der Waals surface area contributed by atoms with Gasteiger partial charge in [0.05, 0.1) is 0 Å². The second kappa shape index (κ2) is 8.57. The lowest BCUT2D eigenvalue weighted by Gasteiger charge is -2.20. The van der Waals surface area contributed by atoms with E-state index in [1.807, 2.05) is 0 Å². The molecule has 1 amide bonds. The molecule has 1 rings (SSSR count). The van der Waals surface area contributed by atoms with Crippen LogP contribution < -0.4 is 5.73 Å². The van der Waals surface area contributed by atoms with Crippen molar-refractivity contribution in [3.63, 3.8) is 0 Å². The summed E-state index contributed by atoms with van der Waals surface area (Å²) in [5.74, 6) is 2.41. The molecule has 1 heterocycles. The third-order valence-corrected chi connectivity index (χ3v) is 4.56. The van der Waals surface area contributed by atoms with E-state index < -0.39 is 0 Å². The Hall–Kier alpha value is -0.570. The van der Waals surface area contributed by atoms with Crippen molar-refractivity contribution in [2.24, 2.45) is 23.5 Å². The normalized spacial score (nSPS) is 21.1. The summed E-state index contributed by atoms with van der Waals surface area (Å²) in [6.07, 6.45) is 6.39. The predicted octanol–water partition coefficient (Wildman–Crippen LogP) is 3.04. The topological polar surface area (TPSA) is 46.3 Å². The fourth-order valence-electron chi connectivity index (χ4n) is 3.12. The third-order valence-electron chi connectivity index (χ3n) is 4.56. The van der Waals surface area contributed by atoms with Crippen molar-refractivity contribution in [2.75, 3.05) is 19.6 Å². The van der Waals surface area contributed by atoms with Crippen LogP contribution in [0, 0.1) is 17.8 Å². The molecule has 1 aliphatic heterocycles. The van der Waals surface area contributed by atoms with Crippen LogP contribution in [-0.4, -0.2) is 30.4 Å². The molecular weight excluding hydrogens is 236 g/mol. The molecule has 112 valence electrons. The zero-order valence-electron chi connectivity index (χ0n) is 13.0. The summed E-state index contributed by atoms with van der Waals surface area (Å²) in [6, 6.07) is 0. The van der Waals surface area contributed by atoms with Gasteiger partial charge < -0.3 is 10.6 Å². The minimum Gasteiger partial charge on any atom is -0.342 e. The number of amides is 1. The Morgan fingerprint density at radius 1 is 1.32 bits per heavy atom. The standard InChI is InChI=1S/C16H32N2O/c1-4-5-14(8-10-17)6-7-16(19)18-11-9-15(12-18)13(2)3/h13-15H,4-12,17H2,1-3H3. The number of nitrogens with zero attached hydrogens (tertiary/aromatic N) is 1. The van der Waals surface area contributed by atoms with Crippen molar-refractivity contribution < 1.29 is 4.79 Å². The fourth-order valence-corrected chi connectivity index (χ4v) is 3.12. The van der Waals surface area contributed by atoms with E-state index in [1.165, 1.54) is 19.3 Å². The van der Waals surface area contributed by atoms with Crippen LogP contribution in [0.3, 0.4) is 0 Å². The maximum Gasteiger partial charge on any atom is 0.222 e. The highest BCUT2D eigenvalue weighted by Gasteiger charge is 2.27. The number of hydrogen-bond acceptors (Lipinski definition) is 2. The van der Waals surface area contributed by atoms with Crippen molar-refractivity contribution in [2.45, 2.75) is 59.3 Å². The van der Waals surface area contributed by atoms with Crippen LogP contribution in [-0.2, 0) is 4.79 Å². The van der Waals surface area contributed by atoms with E-state index in [1.54, 1.807) is 0 Å². The molecule has 3 heteroatoms. The Balaban J connectivity index is 2.30. The Labute approximate surface area is 118 Å². The van der Waals surface area contributed by atoms with E-state index in [9.17, 15) is 4.79 Å². The van der Waals surface area contributed by atoms with Gasteiger partial charge in [0.1, 0.15) is 0 Å². The Bertz CT molecular complexity index is 259. The van der Waals surface area contributed by atoms with Gasteiger partial charge in [0.25, 0.3) is 0 Å². The molecule has 2 atom stereocenters. The van der Waals surface area contributed by atoms with Gasteiger partial charge in [-0.2, -0.15) is 0 Å². The van der Waals surface area contributed by atoms with E-state index in [-0.39, 0.29) is 0 Å². The molecule has 0 aromatic rings. The number of carbonyl (C=O) groups is 1. The maximum atomic E-state index is 12.2. The van der Waals surface area contributed by atoms with E-state index in [4.69, 9.17) is 5.73 Å². The zero-order valence-corrected chi connectivity index (χ0v) is 13.0. The van der Waals surface area contributed by atoms with Crippen LogP contribution in [0.2, 0.25) is 0 Å². The molecule has 0 aliphatic carbocycles. The minimum atomic E-state index is 0.362. The van der Waals surface area contributed by atoms with E-state index >= 15 is 0 Å². The lowest BCUT2D eigenvalue weighted by atomic mass is 9.94. The molecule has 19 heavy (non-hydrogen) atoms. The van der Waals surface area contributed by atoms with Crippen LogP contribution >= 0.6 is 0 Å². The van der Waals surface area contributed by atoms with Crippen molar-refractivity contribution in [3.05, 3.63) is 0 Å². The van der Waals surface area contributed by atoms with Gasteiger partial charge in [-0.15, -0.1) is 0 Å². The average Bonchev–Trinajstić information content (AvgIpc) is 2.86. The third kappa shape index (κ3) is 5.52. The smallest absolute Gasteiger partial charge is 0.222 e. The van der Waals surface area contributed by atoms with Gasteiger partial charge in [0.15, 0.2) is 0 Å². The lowest BCUT2D eigenvalue weighted by Crippen LogP contribution is -2.29. The van der Waals surface area contributed by atoms with Gasteiger partial charge in [0, 0.05) is 19.5 Å². The fraction of sp³-hybridized carbons (Fsp3) is 0.938. The van der Waals surface area contributed by atoms with Crippen molar-refractivity contribution >= 4 is 5.91 Å². The molecule has 2 unspecified atom stereocenters. The number of nitrogens with two attached hydrogens (primary N) is 1. The molecule has 1 aliphatic rings. The minimum absolute atomic E-state index is 0.362. The van der Waals surface area contributed by atoms with Crippen LogP contribution in [0.25, 0.3) is 0 Å². The van der Waals surface area contributed by atoms with Gasteiger partial charge in [-0.05, 0) is 43.6 Å². The van der Waals surface area contributed by atoms with Gasteiger partial charge in [-0.1, -0.05) is 33.6 Å². The van der Waals surface area contributed by atoms with E-state index in [2.05, 4.69) is 25.7 Å². The largest absolute Gasteiger partial charge is 0.342 e.